The van der Waals surface area contributed by atoms with Crippen molar-refractivity contribution in [3.8, 4) is 11.4 Å². The van der Waals surface area contributed by atoms with Gasteiger partial charge in [0.25, 0.3) is 0 Å². The number of nitrogens with one attached hydrogen (secondary N) is 1. The van der Waals surface area contributed by atoms with Crippen LogP contribution >= 0.6 is 11.8 Å². The van der Waals surface area contributed by atoms with Gasteiger partial charge < -0.3 is 9.88 Å². The second-order valence-corrected chi connectivity index (χ2v) is 10.5. The number of primary sulfonamides is 1. The Balaban J connectivity index is 1.69. The minimum absolute atomic E-state index is 0.00970. The number of rotatable bonds is 9. The number of carbonyl (C=O) groups excluding carboxylic acids is 1. The summed E-state index contributed by atoms with van der Waals surface area (Å²) in [6, 6.07) is 12.1. The molecule has 176 valence electrons. The molecule has 0 aliphatic rings. The van der Waals surface area contributed by atoms with Gasteiger partial charge in [-0.05, 0) is 42.7 Å². The average molecular weight is 492 g/mol. The average Bonchev–Trinajstić information content (AvgIpc) is 3.13. The van der Waals surface area contributed by atoms with Crippen LogP contribution in [-0.2, 0) is 21.4 Å². The van der Waals surface area contributed by atoms with Crippen molar-refractivity contribution < 1.29 is 17.6 Å². The highest BCUT2D eigenvalue weighted by Gasteiger charge is 2.19. The second kappa shape index (κ2) is 10.4. The molecule has 3 N–H and O–H groups in total. The van der Waals surface area contributed by atoms with Crippen LogP contribution in [0.25, 0.3) is 11.4 Å². The van der Waals surface area contributed by atoms with E-state index in [1.165, 1.54) is 30.0 Å². The van der Waals surface area contributed by atoms with Gasteiger partial charge in [0.15, 0.2) is 11.0 Å². The van der Waals surface area contributed by atoms with E-state index in [2.05, 4.69) is 15.5 Å². The number of halogens is 1. The highest BCUT2D eigenvalue weighted by molar-refractivity contribution is 7.99. The van der Waals surface area contributed by atoms with Crippen LogP contribution in [0.1, 0.15) is 32.4 Å². The molecule has 0 fully saturated rings. The number of hydrogen-bond acceptors (Lipinski definition) is 6. The zero-order chi connectivity index (χ0) is 24.2. The zero-order valence-corrected chi connectivity index (χ0v) is 20.2. The molecule has 11 heteroatoms. The number of thioether (sulfide) groups is 1. The number of nitrogens with two attached hydrogens (primary N) is 1. The molecule has 2 aromatic carbocycles. The largest absolute Gasteiger partial charge is 0.349 e. The molecule has 1 amide bonds. The number of benzene rings is 2. The summed E-state index contributed by atoms with van der Waals surface area (Å²) >= 11 is 1.22. The Labute approximate surface area is 196 Å². The Hall–Kier alpha value is -2.76. The van der Waals surface area contributed by atoms with Crippen LogP contribution in [0.3, 0.4) is 0 Å². The van der Waals surface area contributed by atoms with Crippen molar-refractivity contribution in [3.63, 3.8) is 0 Å². The van der Waals surface area contributed by atoms with Gasteiger partial charge in [-0.25, -0.2) is 17.9 Å². The standard InChI is InChI=1S/C22H26FN5O3S2/c1-14(2)12-28-21(18-6-4-5-7-19(18)23)26-27-22(28)32-13-20(29)25-15(3)16-8-10-17(11-9-16)33(24,30)31/h4-11,14-15H,12-13H2,1-3H3,(H,25,29)(H2,24,30,31). The van der Waals surface area contributed by atoms with E-state index in [1.54, 1.807) is 37.3 Å². The molecule has 1 atom stereocenters. The Morgan fingerprint density at radius 3 is 2.39 bits per heavy atom. The van der Waals surface area contributed by atoms with Crippen LogP contribution in [0.5, 0.6) is 0 Å². The van der Waals surface area contributed by atoms with Crippen molar-refractivity contribution in [1.29, 1.82) is 0 Å². The summed E-state index contributed by atoms with van der Waals surface area (Å²) in [6.07, 6.45) is 0. The monoisotopic (exact) mass is 491 g/mol. The SMILES string of the molecule is CC(C)Cn1c(SCC(=O)NC(C)c2ccc(S(N)(=O)=O)cc2)nnc1-c1ccccc1F. The van der Waals surface area contributed by atoms with E-state index in [1.807, 2.05) is 18.4 Å². The predicted molar refractivity (Wildman–Crippen MR) is 125 cm³/mol. The maximum atomic E-state index is 14.3. The van der Waals surface area contributed by atoms with Crippen molar-refractivity contribution >= 4 is 27.7 Å². The molecule has 0 saturated carbocycles. The van der Waals surface area contributed by atoms with Gasteiger partial charge in [-0.1, -0.05) is 49.9 Å². The third-order valence-corrected chi connectivity index (χ3v) is 6.69. The Morgan fingerprint density at radius 2 is 1.79 bits per heavy atom. The quantitative estimate of drug-likeness (QED) is 0.443. The van der Waals surface area contributed by atoms with E-state index < -0.39 is 10.0 Å². The molecule has 1 heterocycles. The van der Waals surface area contributed by atoms with E-state index >= 15 is 0 Å². The fourth-order valence-corrected chi connectivity index (χ4v) is 4.48. The molecule has 3 rings (SSSR count). The molecule has 8 nitrogen and oxygen atoms in total. The smallest absolute Gasteiger partial charge is 0.238 e. The molecule has 0 bridgehead atoms. The van der Waals surface area contributed by atoms with Gasteiger partial charge in [-0.2, -0.15) is 0 Å². The third-order valence-electron chi connectivity index (χ3n) is 4.80. The van der Waals surface area contributed by atoms with Crippen LogP contribution < -0.4 is 10.5 Å². The Bertz CT molecular complexity index is 1230. The topological polar surface area (TPSA) is 120 Å². The predicted octanol–water partition coefficient (Wildman–Crippen LogP) is 3.36. The van der Waals surface area contributed by atoms with Crippen molar-refractivity contribution in [1.82, 2.24) is 20.1 Å². The summed E-state index contributed by atoms with van der Waals surface area (Å²) in [5, 5.41) is 16.9. The molecule has 0 aliphatic carbocycles. The molecule has 1 unspecified atom stereocenters. The van der Waals surface area contributed by atoms with Gasteiger partial charge in [0, 0.05) is 6.54 Å². The fourth-order valence-electron chi connectivity index (χ4n) is 3.21. The molecule has 0 radical (unpaired) electrons. The van der Waals surface area contributed by atoms with Gasteiger partial charge in [0.1, 0.15) is 5.82 Å². The lowest BCUT2D eigenvalue weighted by Crippen LogP contribution is -2.28. The third kappa shape index (κ3) is 6.40. The molecule has 3 aromatic rings. The van der Waals surface area contributed by atoms with Crippen molar-refractivity contribution in [2.24, 2.45) is 11.1 Å². The number of sulfonamides is 1. The van der Waals surface area contributed by atoms with Gasteiger partial charge in [0.2, 0.25) is 15.9 Å². The molecule has 0 saturated heterocycles. The first-order chi connectivity index (χ1) is 15.6. The van der Waals surface area contributed by atoms with E-state index in [-0.39, 0.29) is 34.3 Å². The first kappa shape index (κ1) is 24.9. The zero-order valence-electron chi connectivity index (χ0n) is 18.5. The number of nitrogens with zero attached hydrogens (tertiary/aromatic N) is 3. The van der Waals surface area contributed by atoms with Gasteiger partial charge >= 0.3 is 0 Å². The minimum atomic E-state index is -3.77. The van der Waals surface area contributed by atoms with Crippen molar-refractivity contribution in [2.45, 2.75) is 43.4 Å². The summed E-state index contributed by atoms with van der Waals surface area (Å²) in [5.74, 6) is 0.168. The summed E-state index contributed by atoms with van der Waals surface area (Å²) < 4.78 is 38.9. The van der Waals surface area contributed by atoms with Gasteiger partial charge in [0.05, 0.1) is 22.3 Å². The Morgan fingerprint density at radius 1 is 1.12 bits per heavy atom. The van der Waals surface area contributed by atoms with Crippen LogP contribution in [0, 0.1) is 11.7 Å². The van der Waals surface area contributed by atoms with E-state index in [9.17, 15) is 17.6 Å². The number of carbonyl (C=O) groups is 1. The molecule has 0 spiro atoms. The highest BCUT2D eigenvalue weighted by atomic mass is 32.2. The molecule has 33 heavy (non-hydrogen) atoms. The second-order valence-electron chi connectivity index (χ2n) is 7.98. The summed E-state index contributed by atoms with van der Waals surface area (Å²) in [7, 11) is -3.77. The van der Waals surface area contributed by atoms with Gasteiger partial charge in [-0.3, -0.25) is 4.79 Å². The number of amides is 1. The van der Waals surface area contributed by atoms with Crippen LogP contribution in [0.2, 0.25) is 0 Å². The van der Waals surface area contributed by atoms with E-state index in [4.69, 9.17) is 5.14 Å². The lowest BCUT2D eigenvalue weighted by Gasteiger charge is -2.15. The molecular weight excluding hydrogens is 465 g/mol. The maximum absolute atomic E-state index is 14.3. The summed E-state index contributed by atoms with van der Waals surface area (Å²) in [6.45, 7) is 6.45. The first-order valence-corrected chi connectivity index (χ1v) is 12.8. The maximum Gasteiger partial charge on any atom is 0.238 e. The van der Waals surface area contributed by atoms with Gasteiger partial charge in [-0.15, -0.1) is 10.2 Å². The van der Waals surface area contributed by atoms with Crippen LogP contribution in [0.15, 0.2) is 58.6 Å². The van der Waals surface area contributed by atoms with Crippen molar-refractivity contribution in [2.75, 3.05) is 5.75 Å². The van der Waals surface area contributed by atoms with Crippen LogP contribution in [-0.4, -0.2) is 34.8 Å². The lowest BCUT2D eigenvalue weighted by atomic mass is 10.1. The highest BCUT2D eigenvalue weighted by Crippen LogP contribution is 2.27. The molecule has 1 aromatic heterocycles. The molecule has 0 aliphatic heterocycles. The first-order valence-electron chi connectivity index (χ1n) is 10.3. The molecular formula is C22H26FN5O3S2. The number of hydrogen-bond donors (Lipinski definition) is 2. The summed E-state index contributed by atoms with van der Waals surface area (Å²) in [4.78, 5) is 12.5. The van der Waals surface area contributed by atoms with Crippen LogP contribution in [0.4, 0.5) is 4.39 Å². The fraction of sp³-hybridized carbons (Fsp3) is 0.318. The summed E-state index contributed by atoms with van der Waals surface area (Å²) in [5.41, 5.74) is 1.10. The normalized spacial score (nSPS) is 12.7. The minimum Gasteiger partial charge on any atom is -0.349 e. The van der Waals surface area contributed by atoms with E-state index in [0.717, 1.165) is 5.56 Å². The lowest BCUT2D eigenvalue weighted by molar-refractivity contribution is -0.119. The number of aromatic nitrogens is 3. The van der Waals surface area contributed by atoms with E-state index in [0.29, 0.717) is 23.1 Å². The Kier molecular flexibility index (Phi) is 7.88. The van der Waals surface area contributed by atoms with Crippen molar-refractivity contribution in [3.05, 3.63) is 59.9 Å².